The van der Waals surface area contributed by atoms with E-state index in [1.54, 1.807) is 0 Å². The number of hydrogen-bond acceptors (Lipinski definition) is 1. The third-order valence-corrected chi connectivity index (χ3v) is 3.27. The minimum Gasteiger partial charge on any atom is -0.396 e. The SMILES string of the molecule is OC[C@H]1C[C@H]1c1ccc(Cl)c(Cl)c1. The molecule has 70 valence electrons. The molecule has 1 aliphatic carbocycles. The lowest BCUT2D eigenvalue weighted by Gasteiger charge is -2.01. The van der Waals surface area contributed by atoms with Gasteiger partial charge in [0.2, 0.25) is 0 Å². The molecule has 0 heterocycles. The maximum atomic E-state index is 8.90. The third kappa shape index (κ3) is 1.83. The Morgan fingerprint density at radius 2 is 2.08 bits per heavy atom. The molecule has 0 aliphatic heterocycles. The van der Waals surface area contributed by atoms with Crippen LogP contribution in [0.1, 0.15) is 17.9 Å². The fraction of sp³-hybridized carbons (Fsp3) is 0.400. The first kappa shape index (κ1) is 9.32. The van der Waals surface area contributed by atoms with Gasteiger partial charge in [0, 0.05) is 6.61 Å². The van der Waals surface area contributed by atoms with Crippen molar-refractivity contribution < 1.29 is 5.11 Å². The highest BCUT2D eigenvalue weighted by Crippen LogP contribution is 2.47. The average Bonchev–Trinajstić information content (AvgIpc) is 2.88. The van der Waals surface area contributed by atoms with E-state index in [0.717, 1.165) is 6.42 Å². The fourth-order valence-electron chi connectivity index (χ4n) is 1.60. The molecule has 1 saturated carbocycles. The van der Waals surface area contributed by atoms with Gasteiger partial charge in [-0.25, -0.2) is 0 Å². The minimum absolute atomic E-state index is 0.269. The van der Waals surface area contributed by atoms with Crippen LogP contribution in [-0.4, -0.2) is 11.7 Å². The fourth-order valence-corrected chi connectivity index (χ4v) is 1.91. The molecule has 0 bridgehead atoms. The number of aliphatic hydroxyl groups excluding tert-OH is 1. The Morgan fingerprint density at radius 3 is 2.62 bits per heavy atom. The van der Waals surface area contributed by atoms with Crippen LogP contribution >= 0.6 is 23.2 Å². The number of hydrogen-bond donors (Lipinski definition) is 1. The Hall–Kier alpha value is -0.240. The van der Waals surface area contributed by atoms with E-state index in [-0.39, 0.29) is 6.61 Å². The summed E-state index contributed by atoms with van der Waals surface area (Å²) in [5.41, 5.74) is 1.19. The number of aliphatic hydroxyl groups is 1. The van der Waals surface area contributed by atoms with E-state index < -0.39 is 0 Å². The molecule has 0 unspecified atom stereocenters. The Balaban J connectivity index is 2.19. The molecule has 1 nitrogen and oxygen atoms in total. The summed E-state index contributed by atoms with van der Waals surface area (Å²) >= 11 is 11.7. The van der Waals surface area contributed by atoms with Crippen molar-refractivity contribution in [3.8, 4) is 0 Å². The molecule has 1 N–H and O–H groups in total. The lowest BCUT2D eigenvalue weighted by molar-refractivity contribution is 0.274. The van der Waals surface area contributed by atoms with Gasteiger partial charge in [-0.3, -0.25) is 0 Å². The lowest BCUT2D eigenvalue weighted by Crippen LogP contribution is -1.88. The zero-order chi connectivity index (χ0) is 9.42. The second-order valence-electron chi connectivity index (χ2n) is 3.46. The van der Waals surface area contributed by atoms with Crippen molar-refractivity contribution in [2.24, 2.45) is 5.92 Å². The second-order valence-corrected chi connectivity index (χ2v) is 4.27. The van der Waals surface area contributed by atoms with Crippen LogP contribution in [0, 0.1) is 5.92 Å². The molecule has 1 aliphatic rings. The van der Waals surface area contributed by atoms with Crippen LogP contribution < -0.4 is 0 Å². The molecule has 2 rings (SSSR count). The molecule has 1 aromatic carbocycles. The van der Waals surface area contributed by atoms with Gasteiger partial charge in [0.25, 0.3) is 0 Å². The lowest BCUT2D eigenvalue weighted by atomic mass is 10.1. The topological polar surface area (TPSA) is 20.2 Å². The summed E-state index contributed by atoms with van der Waals surface area (Å²) in [6.07, 6.45) is 1.06. The number of halogens is 2. The van der Waals surface area contributed by atoms with E-state index in [4.69, 9.17) is 28.3 Å². The van der Waals surface area contributed by atoms with Gasteiger partial charge in [0.15, 0.2) is 0 Å². The summed E-state index contributed by atoms with van der Waals surface area (Å²) in [4.78, 5) is 0. The first-order valence-electron chi connectivity index (χ1n) is 4.28. The molecule has 0 aromatic heterocycles. The van der Waals surface area contributed by atoms with Crippen molar-refractivity contribution in [2.45, 2.75) is 12.3 Å². The van der Waals surface area contributed by atoms with E-state index in [1.165, 1.54) is 5.56 Å². The largest absolute Gasteiger partial charge is 0.396 e. The average molecular weight is 217 g/mol. The standard InChI is InChI=1S/C10H10Cl2O/c11-9-2-1-6(4-10(9)12)8-3-7(8)5-13/h1-2,4,7-8,13H,3,5H2/t7-,8+/m1/s1. The monoisotopic (exact) mass is 216 g/mol. The summed E-state index contributed by atoms with van der Waals surface area (Å²) in [5.74, 6) is 0.914. The van der Waals surface area contributed by atoms with Crippen molar-refractivity contribution in [2.75, 3.05) is 6.61 Å². The number of benzene rings is 1. The Labute approximate surface area is 87.3 Å². The molecule has 1 aromatic rings. The molecule has 1 fully saturated rings. The van der Waals surface area contributed by atoms with Crippen LogP contribution in [0.15, 0.2) is 18.2 Å². The van der Waals surface area contributed by atoms with Crippen molar-refractivity contribution in [3.05, 3.63) is 33.8 Å². The molecule has 3 heteroatoms. The van der Waals surface area contributed by atoms with Gasteiger partial charge in [-0.15, -0.1) is 0 Å². The summed E-state index contributed by atoms with van der Waals surface area (Å²) in [6, 6.07) is 5.69. The molecular weight excluding hydrogens is 207 g/mol. The first-order chi connectivity index (χ1) is 6.22. The smallest absolute Gasteiger partial charge is 0.0595 e. The Morgan fingerprint density at radius 1 is 1.31 bits per heavy atom. The van der Waals surface area contributed by atoms with E-state index in [1.807, 2.05) is 18.2 Å². The van der Waals surface area contributed by atoms with E-state index in [9.17, 15) is 0 Å². The van der Waals surface area contributed by atoms with Gasteiger partial charge in [0.05, 0.1) is 10.0 Å². The summed E-state index contributed by atoms with van der Waals surface area (Å²) < 4.78 is 0. The maximum absolute atomic E-state index is 8.90. The van der Waals surface area contributed by atoms with E-state index in [2.05, 4.69) is 0 Å². The Bertz CT molecular complexity index is 325. The Kier molecular flexibility index (Phi) is 2.50. The van der Waals surface area contributed by atoms with Gasteiger partial charge in [-0.1, -0.05) is 29.3 Å². The van der Waals surface area contributed by atoms with Gasteiger partial charge < -0.3 is 5.11 Å². The number of rotatable bonds is 2. The van der Waals surface area contributed by atoms with Crippen molar-refractivity contribution in [1.29, 1.82) is 0 Å². The van der Waals surface area contributed by atoms with Gasteiger partial charge in [0.1, 0.15) is 0 Å². The highest BCUT2D eigenvalue weighted by molar-refractivity contribution is 6.42. The predicted octanol–water partition coefficient (Wildman–Crippen LogP) is 3.09. The van der Waals surface area contributed by atoms with Crippen LogP contribution in [0.25, 0.3) is 0 Å². The minimum atomic E-state index is 0.269. The zero-order valence-electron chi connectivity index (χ0n) is 7.00. The van der Waals surface area contributed by atoms with Crippen LogP contribution in [0.5, 0.6) is 0 Å². The maximum Gasteiger partial charge on any atom is 0.0595 e. The van der Waals surface area contributed by atoms with E-state index >= 15 is 0 Å². The molecule has 0 radical (unpaired) electrons. The van der Waals surface area contributed by atoms with Gasteiger partial charge >= 0.3 is 0 Å². The van der Waals surface area contributed by atoms with Crippen molar-refractivity contribution in [3.63, 3.8) is 0 Å². The van der Waals surface area contributed by atoms with Crippen molar-refractivity contribution in [1.82, 2.24) is 0 Å². The molecule has 2 atom stereocenters. The highest BCUT2D eigenvalue weighted by atomic mass is 35.5. The predicted molar refractivity (Wildman–Crippen MR) is 54.4 cm³/mol. The van der Waals surface area contributed by atoms with Crippen LogP contribution in [0.2, 0.25) is 10.0 Å². The van der Waals surface area contributed by atoms with Crippen molar-refractivity contribution >= 4 is 23.2 Å². The third-order valence-electron chi connectivity index (χ3n) is 2.53. The summed E-state index contributed by atoms with van der Waals surface area (Å²) in [6.45, 7) is 0.269. The van der Waals surface area contributed by atoms with Crippen LogP contribution in [0.3, 0.4) is 0 Å². The molecule has 0 saturated heterocycles. The summed E-state index contributed by atoms with van der Waals surface area (Å²) in [7, 11) is 0. The van der Waals surface area contributed by atoms with Gasteiger partial charge in [-0.05, 0) is 36.0 Å². The second kappa shape index (κ2) is 3.49. The summed E-state index contributed by atoms with van der Waals surface area (Å²) in [5, 5.41) is 10.1. The molecule has 0 amide bonds. The van der Waals surface area contributed by atoms with Gasteiger partial charge in [-0.2, -0.15) is 0 Å². The molecule has 13 heavy (non-hydrogen) atoms. The zero-order valence-corrected chi connectivity index (χ0v) is 8.52. The van der Waals surface area contributed by atoms with Crippen LogP contribution in [0.4, 0.5) is 0 Å². The molecule has 0 spiro atoms. The normalized spacial score (nSPS) is 26.1. The van der Waals surface area contributed by atoms with E-state index in [0.29, 0.717) is 21.9 Å². The first-order valence-corrected chi connectivity index (χ1v) is 5.03. The molecular formula is C10H10Cl2O. The highest BCUT2D eigenvalue weighted by Gasteiger charge is 2.37. The van der Waals surface area contributed by atoms with Crippen LogP contribution in [-0.2, 0) is 0 Å². The quantitative estimate of drug-likeness (QED) is 0.806.